The number of aromatic nitrogens is 1. The van der Waals surface area contributed by atoms with Crippen molar-refractivity contribution in [2.24, 2.45) is 28.6 Å². The number of hydrogen-bond donors (Lipinski definition) is 2. The van der Waals surface area contributed by atoms with Gasteiger partial charge in [-0.2, -0.15) is 0 Å². The fraction of sp³-hybridized carbons (Fsp3) is 0.613. The number of rotatable bonds is 5. The lowest BCUT2D eigenvalue weighted by Crippen LogP contribution is -2.71. The van der Waals surface area contributed by atoms with Gasteiger partial charge in [-0.25, -0.2) is 4.79 Å². The molecule has 3 aliphatic rings. The van der Waals surface area contributed by atoms with Crippen molar-refractivity contribution in [3.8, 4) is 17.1 Å². The predicted octanol–water partition coefficient (Wildman–Crippen LogP) is 3.82. The molecule has 0 spiro atoms. The number of carbonyl (C=O) groups is 2. The Bertz CT molecular complexity index is 1390. The maximum Gasteiger partial charge on any atom is 0.345 e. The Morgan fingerprint density at radius 3 is 2.59 bits per heavy atom. The van der Waals surface area contributed by atoms with Gasteiger partial charge in [0.1, 0.15) is 28.8 Å². The van der Waals surface area contributed by atoms with Gasteiger partial charge in [0.15, 0.2) is 0 Å². The topological polar surface area (TPSA) is 145 Å². The van der Waals surface area contributed by atoms with Crippen molar-refractivity contribution in [2.75, 3.05) is 6.61 Å². The van der Waals surface area contributed by atoms with E-state index in [2.05, 4.69) is 4.98 Å². The first-order chi connectivity index (χ1) is 19.2. The molecule has 222 valence electrons. The SMILES string of the molecule is CC(=O)O[C@H]1CC2[C@](C)(CC[C@H](O)[C@@]2(C)COC(=O)C(C)C)C2[C@@H](O)c3c(cc(-c4cccnc4)oc3=O)O[C@@]21C. The maximum atomic E-state index is 13.4. The molecule has 2 aliphatic carbocycles. The molecule has 10 heteroatoms. The molecule has 3 heterocycles. The summed E-state index contributed by atoms with van der Waals surface area (Å²) in [7, 11) is 0. The van der Waals surface area contributed by atoms with Crippen LogP contribution in [0.15, 0.2) is 39.8 Å². The van der Waals surface area contributed by atoms with E-state index in [-0.39, 0.29) is 41.5 Å². The Morgan fingerprint density at radius 2 is 1.95 bits per heavy atom. The first kappa shape index (κ1) is 29.3. The van der Waals surface area contributed by atoms with Crippen LogP contribution in [0, 0.1) is 28.6 Å². The summed E-state index contributed by atoms with van der Waals surface area (Å²) in [6.45, 7) is 10.5. The highest BCUT2D eigenvalue weighted by Crippen LogP contribution is 2.67. The highest BCUT2D eigenvalue weighted by atomic mass is 16.6. The molecular formula is C31H39NO9. The van der Waals surface area contributed by atoms with Crippen LogP contribution in [0.2, 0.25) is 0 Å². The first-order valence-corrected chi connectivity index (χ1v) is 14.2. The van der Waals surface area contributed by atoms with Gasteiger partial charge >= 0.3 is 17.6 Å². The van der Waals surface area contributed by atoms with E-state index >= 15 is 0 Å². The lowest BCUT2D eigenvalue weighted by Gasteiger charge is -2.66. The molecule has 0 aromatic carbocycles. The molecular weight excluding hydrogens is 530 g/mol. The van der Waals surface area contributed by atoms with Crippen LogP contribution in [0.3, 0.4) is 0 Å². The predicted molar refractivity (Wildman–Crippen MR) is 147 cm³/mol. The second-order valence-electron chi connectivity index (χ2n) is 12.8. The molecule has 2 N–H and O–H groups in total. The van der Waals surface area contributed by atoms with Gasteiger partial charge in [-0.05, 0) is 49.7 Å². The zero-order chi connectivity index (χ0) is 29.9. The molecule has 0 radical (unpaired) electrons. The van der Waals surface area contributed by atoms with Gasteiger partial charge in [0.2, 0.25) is 0 Å². The normalized spacial score (nSPS) is 35.9. The number of aliphatic hydroxyl groups excluding tert-OH is 2. The molecule has 0 bridgehead atoms. The Hall–Kier alpha value is -3.24. The maximum absolute atomic E-state index is 13.4. The molecule has 5 rings (SSSR count). The zero-order valence-electron chi connectivity index (χ0n) is 24.4. The van der Waals surface area contributed by atoms with Crippen LogP contribution >= 0.6 is 0 Å². The molecule has 2 unspecified atom stereocenters. The van der Waals surface area contributed by atoms with Crippen LogP contribution in [0.4, 0.5) is 0 Å². The van der Waals surface area contributed by atoms with Crippen molar-refractivity contribution in [2.45, 2.75) is 84.7 Å². The fourth-order valence-corrected chi connectivity index (χ4v) is 7.80. The second kappa shape index (κ2) is 10.2. The summed E-state index contributed by atoms with van der Waals surface area (Å²) in [6.07, 6.45) is 1.42. The Morgan fingerprint density at radius 1 is 1.22 bits per heavy atom. The number of nitrogens with zero attached hydrogens (tertiary/aromatic N) is 1. The van der Waals surface area contributed by atoms with Crippen LogP contribution in [0.5, 0.6) is 5.75 Å². The van der Waals surface area contributed by atoms with E-state index in [4.69, 9.17) is 18.6 Å². The highest BCUT2D eigenvalue weighted by molar-refractivity contribution is 5.71. The van der Waals surface area contributed by atoms with Gasteiger partial charge in [-0.1, -0.05) is 27.7 Å². The van der Waals surface area contributed by atoms with E-state index in [0.29, 0.717) is 24.8 Å². The smallest absolute Gasteiger partial charge is 0.345 e. The standard InChI is InChI=1S/C31H39NO9/c1-16(2)27(36)38-15-30(5)21-13-23(39-17(3)33)31(6)26(29(21,4)10-9-22(30)34)25(35)24-20(41-31)12-19(40-28(24)37)18-8-7-11-32-14-18/h7-8,11-12,14,16,21-23,25-26,34-35H,9-10,13,15H2,1-6H3/t21?,22-,23-,25-,26?,29-,30-,31+/m0/s1. The molecule has 2 saturated carbocycles. The van der Waals surface area contributed by atoms with E-state index in [0.717, 1.165) is 0 Å². The van der Waals surface area contributed by atoms with Gasteiger partial charge in [0.05, 0.1) is 24.7 Å². The van der Waals surface area contributed by atoms with E-state index in [1.807, 2.05) is 13.8 Å². The van der Waals surface area contributed by atoms with Crippen molar-refractivity contribution in [3.05, 3.63) is 46.6 Å². The van der Waals surface area contributed by atoms with Gasteiger partial charge in [0, 0.05) is 42.3 Å². The summed E-state index contributed by atoms with van der Waals surface area (Å²) in [5.74, 6) is -1.91. The van der Waals surface area contributed by atoms with Crippen LogP contribution in [-0.2, 0) is 19.1 Å². The highest BCUT2D eigenvalue weighted by Gasteiger charge is 2.70. The van der Waals surface area contributed by atoms with Crippen molar-refractivity contribution in [1.82, 2.24) is 4.98 Å². The van der Waals surface area contributed by atoms with Crippen LogP contribution in [-0.4, -0.2) is 51.6 Å². The number of fused-ring (bicyclic) bond motifs is 4. The lowest BCUT2D eigenvalue weighted by molar-refractivity contribution is -0.269. The summed E-state index contributed by atoms with van der Waals surface area (Å²) in [6, 6.07) is 5.03. The van der Waals surface area contributed by atoms with Crippen LogP contribution in [0.1, 0.15) is 72.5 Å². The quantitative estimate of drug-likeness (QED) is 0.510. The van der Waals surface area contributed by atoms with E-state index < -0.39 is 52.3 Å². The van der Waals surface area contributed by atoms with Gasteiger partial charge in [-0.3, -0.25) is 14.6 Å². The summed E-state index contributed by atoms with van der Waals surface area (Å²) < 4.78 is 23.8. The molecule has 2 aromatic rings. The minimum atomic E-state index is -1.31. The number of esters is 2. The molecule has 8 atom stereocenters. The average molecular weight is 570 g/mol. The summed E-state index contributed by atoms with van der Waals surface area (Å²) in [4.78, 5) is 42.3. The lowest BCUT2D eigenvalue weighted by atomic mass is 9.42. The summed E-state index contributed by atoms with van der Waals surface area (Å²) >= 11 is 0. The first-order valence-electron chi connectivity index (χ1n) is 14.2. The van der Waals surface area contributed by atoms with Gasteiger partial charge in [-0.15, -0.1) is 0 Å². The van der Waals surface area contributed by atoms with Crippen LogP contribution in [0.25, 0.3) is 11.3 Å². The largest absolute Gasteiger partial charge is 0.482 e. The van der Waals surface area contributed by atoms with E-state index in [9.17, 15) is 24.6 Å². The molecule has 41 heavy (non-hydrogen) atoms. The number of carbonyl (C=O) groups excluding carboxylic acids is 2. The third-order valence-corrected chi connectivity index (χ3v) is 9.87. The number of aliphatic hydroxyl groups is 2. The Kier molecular flexibility index (Phi) is 7.31. The number of pyridine rings is 1. The second-order valence-corrected chi connectivity index (χ2v) is 12.8. The summed E-state index contributed by atoms with van der Waals surface area (Å²) in [5, 5.41) is 23.3. The number of ether oxygens (including phenoxy) is 3. The monoisotopic (exact) mass is 569 g/mol. The van der Waals surface area contributed by atoms with Crippen molar-refractivity contribution >= 4 is 11.9 Å². The molecule has 2 aromatic heterocycles. The Labute approximate surface area is 239 Å². The molecule has 2 fully saturated rings. The van der Waals surface area contributed by atoms with Crippen molar-refractivity contribution in [1.29, 1.82) is 0 Å². The molecule has 0 saturated heterocycles. The zero-order valence-corrected chi connectivity index (χ0v) is 24.4. The molecule has 0 amide bonds. The van der Waals surface area contributed by atoms with Crippen molar-refractivity contribution in [3.63, 3.8) is 0 Å². The van der Waals surface area contributed by atoms with Crippen LogP contribution < -0.4 is 10.4 Å². The van der Waals surface area contributed by atoms with E-state index in [1.54, 1.807) is 51.4 Å². The fourth-order valence-electron chi connectivity index (χ4n) is 7.80. The average Bonchev–Trinajstić information content (AvgIpc) is 2.90. The third kappa shape index (κ3) is 4.65. The minimum absolute atomic E-state index is 0.00243. The van der Waals surface area contributed by atoms with Crippen molar-refractivity contribution < 1.29 is 38.4 Å². The third-order valence-electron chi connectivity index (χ3n) is 9.87. The van der Waals surface area contributed by atoms with E-state index in [1.165, 1.54) is 6.92 Å². The van der Waals surface area contributed by atoms with Gasteiger partial charge in [0.25, 0.3) is 0 Å². The molecule has 10 nitrogen and oxygen atoms in total. The van der Waals surface area contributed by atoms with Gasteiger partial charge < -0.3 is 28.8 Å². The molecule has 1 aliphatic heterocycles. The minimum Gasteiger partial charge on any atom is -0.482 e. The Balaban J connectivity index is 1.63. The number of hydrogen-bond acceptors (Lipinski definition) is 10. The summed E-state index contributed by atoms with van der Waals surface area (Å²) in [5.41, 5.74) is -2.99.